The van der Waals surface area contributed by atoms with E-state index in [2.05, 4.69) is 47.2 Å². The van der Waals surface area contributed by atoms with Crippen molar-refractivity contribution in [2.75, 3.05) is 0 Å². The van der Waals surface area contributed by atoms with Gasteiger partial charge >= 0.3 is 0 Å². The first-order valence-electron chi connectivity index (χ1n) is 6.35. The molecule has 0 radical (unpaired) electrons. The molecule has 0 bridgehead atoms. The molecule has 0 saturated heterocycles. The Bertz CT molecular complexity index is 767. The zero-order chi connectivity index (χ0) is 12.7. The number of hydrogen-bond acceptors (Lipinski definition) is 1. The summed E-state index contributed by atoms with van der Waals surface area (Å²) >= 11 is 0. The van der Waals surface area contributed by atoms with Crippen molar-refractivity contribution in [3.8, 4) is 5.69 Å². The Morgan fingerprint density at radius 2 is 1.53 bits per heavy atom. The first kappa shape index (κ1) is 10.3. The maximum Gasteiger partial charge on any atom is 0.0970 e. The van der Waals surface area contributed by atoms with E-state index in [1.807, 2.05) is 30.3 Å². The molecule has 0 unspecified atom stereocenters. The number of hydrogen-bond donors (Lipinski definition) is 0. The maximum atomic E-state index is 4.81. The van der Waals surface area contributed by atoms with E-state index < -0.39 is 0 Å². The predicted octanol–water partition coefficient (Wildman–Crippen LogP) is 3.96. The van der Waals surface area contributed by atoms with Crippen LogP contribution >= 0.6 is 0 Å². The molecule has 1 aliphatic rings. The largest absolute Gasteiger partial charge is 0.314 e. The third-order valence-corrected chi connectivity index (χ3v) is 3.41. The monoisotopic (exact) mass is 244 g/mol. The summed E-state index contributed by atoms with van der Waals surface area (Å²) in [6, 6.07) is 22.7. The highest BCUT2D eigenvalue weighted by molar-refractivity contribution is 6.18. The molecule has 3 aromatic rings. The average molecular weight is 244 g/mol. The van der Waals surface area contributed by atoms with Crippen molar-refractivity contribution < 1.29 is 0 Å². The zero-order valence-corrected chi connectivity index (χ0v) is 10.3. The van der Waals surface area contributed by atoms with Gasteiger partial charge in [0.15, 0.2) is 0 Å². The summed E-state index contributed by atoms with van der Waals surface area (Å²) in [5, 5.41) is 0. The molecule has 0 saturated carbocycles. The van der Waals surface area contributed by atoms with Gasteiger partial charge in [-0.15, -0.1) is 0 Å². The molecule has 2 aromatic carbocycles. The fraction of sp³-hybridized carbons (Fsp3) is 0. The Hall–Kier alpha value is -2.61. The van der Waals surface area contributed by atoms with E-state index in [1.165, 1.54) is 11.3 Å². The SMILES string of the molecule is c1ccc(N=C2c3ccccc3-n3cccc32)cc1. The maximum absolute atomic E-state index is 4.81. The molecule has 90 valence electrons. The van der Waals surface area contributed by atoms with Gasteiger partial charge < -0.3 is 4.57 Å². The quantitative estimate of drug-likeness (QED) is 0.482. The second kappa shape index (κ2) is 3.95. The van der Waals surface area contributed by atoms with Crippen molar-refractivity contribution in [1.29, 1.82) is 0 Å². The summed E-state index contributed by atoms with van der Waals surface area (Å²) in [4.78, 5) is 4.81. The molecule has 0 amide bonds. The summed E-state index contributed by atoms with van der Waals surface area (Å²) < 4.78 is 2.19. The first-order valence-corrected chi connectivity index (χ1v) is 6.35. The molecule has 0 atom stereocenters. The van der Waals surface area contributed by atoms with E-state index in [0.29, 0.717) is 0 Å². The second-order valence-corrected chi connectivity index (χ2v) is 4.58. The number of aromatic nitrogens is 1. The van der Waals surface area contributed by atoms with Crippen LogP contribution in [0, 0.1) is 0 Å². The van der Waals surface area contributed by atoms with E-state index in [4.69, 9.17) is 4.99 Å². The van der Waals surface area contributed by atoms with Crippen LogP contribution in [-0.2, 0) is 0 Å². The predicted molar refractivity (Wildman–Crippen MR) is 77.5 cm³/mol. The van der Waals surface area contributed by atoms with E-state index in [-0.39, 0.29) is 0 Å². The number of rotatable bonds is 1. The number of fused-ring (bicyclic) bond motifs is 3. The molecule has 19 heavy (non-hydrogen) atoms. The molecule has 1 aliphatic heterocycles. The third-order valence-electron chi connectivity index (χ3n) is 3.41. The molecule has 0 spiro atoms. The Labute approximate surface area is 111 Å². The Balaban J connectivity index is 1.97. The lowest BCUT2D eigenvalue weighted by Crippen LogP contribution is -1.97. The minimum Gasteiger partial charge on any atom is -0.314 e. The first-order chi connectivity index (χ1) is 9.43. The lowest BCUT2D eigenvalue weighted by atomic mass is 10.1. The molecule has 2 heterocycles. The number of nitrogens with zero attached hydrogens (tertiary/aromatic N) is 2. The number of benzene rings is 2. The van der Waals surface area contributed by atoms with Gasteiger partial charge in [0, 0.05) is 11.8 Å². The van der Waals surface area contributed by atoms with E-state index in [9.17, 15) is 0 Å². The average Bonchev–Trinajstić information content (AvgIpc) is 3.04. The van der Waals surface area contributed by atoms with E-state index >= 15 is 0 Å². The summed E-state index contributed by atoms with van der Waals surface area (Å²) in [7, 11) is 0. The van der Waals surface area contributed by atoms with Crippen molar-refractivity contribution >= 4 is 11.4 Å². The van der Waals surface area contributed by atoms with Gasteiger partial charge in [-0.05, 0) is 30.3 Å². The fourth-order valence-corrected chi connectivity index (χ4v) is 2.56. The smallest absolute Gasteiger partial charge is 0.0970 e. The Morgan fingerprint density at radius 3 is 2.42 bits per heavy atom. The number of para-hydroxylation sites is 2. The lowest BCUT2D eigenvalue weighted by Gasteiger charge is -2.00. The molecule has 4 rings (SSSR count). The lowest BCUT2D eigenvalue weighted by molar-refractivity contribution is 1.09. The van der Waals surface area contributed by atoms with Crippen LogP contribution in [0.3, 0.4) is 0 Å². The van der Waals surface area contributed by atoms with Crippen molar-refractivity contribution in [3.05, 3.63) is 84.2 Å². The van der Waals surface area contributed by atoms with Crippen LogP contribution in [0.2, 0.25) is 0 Å². The highest BCUT2D eigenvalue weighted by atomic mass is 15.0. The molecule has 0 aliphatic carbocycles. The molecule has 2 nitrogen and oxygen atoms in total. The van der Waals surface area contributed by atoms with Gasteiger partial charge in [-0.25, -0.2) is 4.99 Å². The molecular weight excluding hydrogens is 232 g/mol. The Kier molecular flexibility index (Phi) is 2.15. The second-order valence-electron chi connectivity index (χ2n) is 4.58. The fourth-order valence-electron chi connectivity index (χ4n) is 2.56. The van der Waals surface area contributed by atoms with Gasteiger partial charge in [0.2, 0.25) is 0 Å². The van der Waals surface area contributed by atoms with E-state index in [1.54, 1.807) is 0 Å². The van der Waals surface area contributed by atoms with Crippen LogP contribution in [0.5, 0.6) is 0 Å². The molecule has 0 fully saturated rings. The van der Waals surface area contributed by atoms with Gasteiger partial charge in [-0.2, -0.15) is 0 Å². The zero-order valence-electron chi connectivity index (χ0n) is 10.3. The molecule has 0 N–H and O–H groups in total. The van der Waals surface area contributed by atoms with Crippen molar-refractivity contribution in [2.45, 2.75) is 0 Å². The van der Waals surface area contributed by atoms with Gasteiger partial charge in [0.05, 0.1) is 22.8 Å². The van der Waals surface area contributed by atoms with Crippen LogP contribution in [0.15, 0.2) is 77.9 Å². The Morgan fingerprint density at radius 1 is 0.737 bits per heavy atom. The summed E-state index contributed by atoms with van der Waals surface area (Å²) in [5.41, 5.74) is 5.60. The van der Waals surface area contributed by atoms with Crippen LogP contribution in [0.1, 0.15) is 11.3 Å². The summed E-state index contributed by atoms with van der Waals surface area (Å²) in [5.74, 6) is 0. The van der Waals surface area contributed by atoms with Gasteiger partial charge in [-0.1, -0.05) is 36.4 Å². The normalized spacial score (nSPS) is 14.4. The minimum absolute atomic E-state index is 0.988. The van der Waals surface area contributed by atoms with Crippen LogP contribution < -0.4 is 0 Å². The molecule has 2 heteroatoms. The van der Waals surface area contributed by atoms with Gasteiger partial charge in [0.1, 0.15) is 0 Å². The summed E-state index contributed by atoms with van der Waals surface area (Å²) in [6.07, 6.45) is 2.08. The van der Waals surface area contributed by atoms with Crippen LogP contribution in [0.4, 0.5) is 5.69 Å². The standard InChI is InChI=1S/C17H12N2/c1-2-7-13(8-3-1)18-17-14-9-4-5-10-15(14)19-12-6-11-16(17)19/h1-12H. The minimum atomic E-state index is 0.988. The van der Waals surface area contributed by atoms with E-state index in [0.717, 1.165) is 17.1 Å². The highest BCUT2D eigenvalue weighted by Crippen LogP contribution is 2.30. The number of aliphatic imine (C=N–C) groups is 1. The van der Waals surface area contributed by atoms with Crippen molar-refractivity contribution in [1.82, 2.24) is 4.57 Å². The van der Waals surface area contributed by atoms with Gasteiger partial charge in [-0.3, -0.25) is 0 Å². The highest BCUT2D eigenvalue weighted by Gasteiger charge is 2.23. The van der Waals surface area contributed by atoms with Crippen molar-refractivity contribution in [3.63, 3.8) is 0 Å². The molecule has 1 aromatic heterocycles. The van der Waals surface area contributed by atoms with Crippen molar-refractivity contribution in [2.24, 2.45) is 4.99 Å². The summed E-state index contributed by atoms with van der Waals surface area (Å²) in [6.45, 7) is 0. The van der Waals surface area contributed by atoms with Crippen LogP contribution in [0.25, 0.3) is 5.69 Å². The van der Waals surface area contributed by atoms with Crippen LogP contribution in [-0.4, -0.2) is 10.3 Å². The van der Waals surface area contributed by atoms with Gasteiger partial charge in [0.25, 0.3) is 0 Å². The molecular formula is C17H12N2. The topological polar surface area (TPSA) is 17.3 Å². The third kappa shape index (κ3) is 1.54.